The average Bonchev–Trinajstić information content (AvgIpc) is 2.42. The lowest BCUT2D eigenvalue weighted by molar-refractivity contribution is 0.502. The molecule has 0 heteroatoms. The average molecular weight is 252 g/mol. The molecule has 2 aromatic rings. The Balaban J connectivity index is 2.39. The van der Waals surface area contributed by atoms with Gasteiger partial charge >= 0.3 is 0 Å². The summed E-state index contributed by atoms with van der Waals surface area (Å²) in [5, 5.41) is 0. The van der Waals surface area contributed by atoms with Gasteiger partial charge in [0, 0.05) is 0 Å². The monoisotopic (exact) mass is 252 g/mol. The summed E-state index contributed by atoms with van der Waals surface area (Å²) in [4.78, 5) is 0. The molecule has 0 unspecified atom stereocenters. The molecule has 0 N–H and O–H groups in total. The van der Waals surface area contributed by atoms with Crippen molar-refractivity contribution in [2.75, 3.05) is 0 Å². The van der Waals surface area contributed by atoms with E-state index in [2.05, 4.69) is 76.2 Å². The summed E-state index contributed by atoms with van der Waals surface area (Å²) < 4.78 is 0. The molecular weight excluding hydrogens is 228 g/mol. The Morgan fingerprint density at radius 2 is 1.42 bits per heavy atom. The van der Waals surface area contributed by atoms with Gasteiger partial charge < -0.3 is 0 Å². The summed E-state index contributed by atoms with van der Waals surface area (Å²) in [6.07, 6.45) is 2.20. The van der Waals surface area contributed by atoms with Crippen LogP contribution in [0.4, 0.5) is 0 Å². The van der Waals surface area contributed by atoms with Crippen LogP contribution in [0.1, 0.15) is 49.4 Å². The van der Waals surface area contributed by atoms with Crippen LogP contribution in [0, 0.1) is 6.92 Å². The van der Waals surface area contributed by atoms with Gasteiger partial charge in [0.2, 0.25) is 0 Å². The van der Waals surface area contributed by atoms with Crippen molar-refractivity contribution >= 4 is 0 Å². The molecule has 0 heterocycles. The zero-order valence-electron chi connectivity index (χ0n) is 12.5. The largest absolute Gasteiger partial charge is 0.0646 e. The molecule has 0 nitrogen and oxygen atoms in total. The van der Waals surface area contributed by atoms with E-state index in [9.17, 15) is 0 Å². The topological polar surface area (TPSA) is 0 Å². The highest BCUT2D eigenvalue weighted by atomic mass is 14.3. The molecule has 0 radical (unpaired) electrons. The molecule has 0 aliphatic rings. The third kappa shape index (κ3) is 3.07. The summed E-state index contributed by atoms with van der Waals surface area (Å²) in [7, 11) is 0. The van der Waals surface area contributed by atoms with Gasteiger partial charge in [-0.25, -0.2) is 0 Å². The number of benzene rings is 2. The molecule has 0 spiro atoms. The smallest absolute Gasteiger partial charge is 0.00202 e. The lowest BCUT2D eigenvalue weighted by Crippen LogP contribution is -2.18. The van der Waals surface area contributed by atoms with Gasteiger partial charge in [0.25, 0.3) is 0 Å². The number of rotatable bonds is 4. The summed E-state index contributed by atoms with van der Waals surface area (Å²) in [5.41, 5.74) is 6.01. The van der Waals surface area contributed by atoms with Gasteiger partial charge in [0.05, 0.1) is 0 Å². The SMILES string of the molecule is CCC(C)(C)c1ccccc1Cc1ccccc1C. The Morgan fingerprint density at radius 1 is 0.842 bits per heavy atom. The Kier molecular flexibility index (Phi) is 4.09. The summed E-state index contributed by atoms with van der Waals surface area (Å²) in [5.74, 6) is 0. The zero-order chi connectivity index (χ0) is 13.9. The van der Waals surface area contributed by atoms with Crippen molar-refractivity contribution in [3.8, 4) is 0 Å². The lowest BCUT2D eigenvalue weighted by atomic mass is 9.78. The second-order valence-electron chi connectivity index (χ2n) is 6.00. The van der Waals surface area contributed by atoms with Crippen LogP contribution < -0.4 is 0 Å². The van der Waals surface area contributed by atoms with E-state index in [-0.39, 0.29) is 5.41 Å². The minimum Gasteiger partial charge on any atom is -0.0646 e. The van der Waals surface area contributed by atoms with Crippen molar-refractivity contribution in [1.82, 2.24) is 0 Å². The second kappa shape index (κ2) is 5.61. The van der Waals surface area contributed by atoms with Crippen LogP contribution in [-0.4, -0.2) is 0 Å². The summed E-state index contributed by atoms with van der Waals surface area (Å²) in [6.45, 7) is 9.14. The quantitative estimate of drug-likeness (QED) is 0.695. The van der Waals surface area contributed by atoms with E-state index < -0.39 is 0 Å². The first-order chi connectivity index (χ1) is 9.04. The fraction of sp³-hybridized carbons (Fsp3) is 0.368. The normalized spacial score (nSPS) is 11.6. The maximum atomic E-state index is 2.34. The second-order valence-corrected chi connectivity index (χ2v) is 6.00. The zero-order valence-corrected chi connectivity index (χ0v) is 12.5. The van der Waals surface area contributed by atoms with Crippen LogP contribution in [0.3, 0.4) is 0 Å². The maximum absolute atomic E-state index is 2.34. The van der Waals surface area contributed by atoms with Crippen molar-refractivity contribution in [2.24, 2.45) is 0 Å². The summed E-state index contributed by atoms with van der Waals surface area (Å²) >= 11 is 0. The Hall–Kier alpha value is -1.56. The van der Waals surface area contributed by atoms with Crippen LogP contribution in [0.15, 0.2) is 48.5 Å². The first-order valence-corrected chi connectivity index (χ1v) is 7.17. The molecule has 0 fully saturated rings. The van der Waals surface area contributed by atoms with E-state index in [0.29, 0.717) is 0 Å². The number of aryl methyl sites for hydroxylation is 1. The molecule has 2 aromatic carbocycles. The van der Waals surface area contributed by atoms with Gasteiger partial charge in [-0.2, -0.15) is 0 Å². The highest BCUT2D eigenvalue weighted by molar-refractivity contribution is 5.39. The Labute approximate surface area is 117 Å². The molecule has 2 rings (SSSR count). The van der Waals surface area contributed by atoms with Gasteiger partial charge in [-0.3, -0.25) is 0 Å². The van der Waals surface area contributed by atoms with Crippen LogP contribution in [0.25, 0.3) is 0 Å². The molecule has 0 atom stereocenters. The van der Waals surface area contributed by atoms with Crippen LogP contribution in [-0.2, 0) is 11.8 Å². The maximum Gasteiger partial charge on any atom is -0.00202 e. The van der Waals surface area contributed by atoms with Gasteiger partial charge in [-0.1, -0.05) is 69.3 Å². The summed E-state index contributed by atoms with van der Waals surface area (Å²) in [6, 6.07) is 17.6. The number of hydrogen-bond acceptors (Lipinski definition) is 0. The molecule has 100 valence electrons. The van der Waals surface area contributed by atoms with E-state index in [1.54, 1.807) is 0 Å². The van der Waals surface area contributed by atoms with Gasteiger partial charge in [0.1, 0.15) is 0 Å². The molecule has 0 bridgehead atoms. The molecule has 0 saturated carbocycles. The minimum absolute atomic E-state index is 0.249. The lowest BCUT2D eigenvalue weighted by Gasteiger charge is -2.26. The molecule has 19 heavy (non-hydrogen) atoms. The third-order valence-electron chi connectivity index (χ3n) is 4.27. The van der Waals surface area contributed by atoms with Crippen LogP contribution >= 0.6 is 0 Å². The van der Waals surface area contributed by atoms with Crippen molar-refractivity contribution in [2.45, 2.75) is 46.0 Å². The molecule has 0 saturated heterocycles. The molecule has 0 amide bonds. The van der Waals surface area contributed by atoms with E-state index in [1.807, 2.05) is 0 Å². The van der Waals surface area contributed by atoms with Crippen molar-refractivity contribution in [3.63, 3.8) is 0 Å². The van der Waals surface area contributed by atoms with Crippen molar-refractivity contribution in [1.29, 1.82) is 0 Å². The Bertz CT molecular complexity index is 549. The third-order valence-corrected chi connectivity index (χ3v) is 4.27. The molecule has 0 aromatic heterocycles. The van der Waals surface area contributed by atoms with E-state index >= 15 is 0 Å². The van der Waals surface area contributed by atoms with E-state index in [0.717, 1.165) is 12.8 Å². The predicted octanol–water partition coefficient (Wildman–Crippen LogP) is 5.27. The molecule has 0 aliphatic heterocycles. The van der Waals surface area contributed by atoms with Crippen molar-refractivity contribution < 1.29 is 0 Å². The van der Waals surface area contributed by atoms with Gasteiger partial charge in [-0.15, -0.1) is 0 Å². The highest BCUT2D eigenvalue weighted by Gasteiger charge is 2.21. The minimum atomic E-state index is 0.249. The van der Waals surface area contributed by atoms with Crippen molar-refractivity contribution in [3.05, 3.63) is 70.8 Å². The standard InChI is InChI=1S/C19H24/c1-5-19(3,4)18-13-9-8-12-17(18)14-16-11-7-6-10-15(16)2/h6-13H,5,14H2,1-4H3. The van der Waals surface area contributed by atoms with Gasteiger partial charge in [-0.05, 0) is 47.4 Å². The first kappa shape index (κ1) is 13.9. The Morgan fingerprint density at radius 3 is 2.05 bits per heavy atom. The highest BCUT2D eigenvalue weighted by Crippen LogP contribution is 2.31. The fourth-order valence-corrected chi connectivity index (χ4v) is 2.54. The molecule has 0 aliphatic carbocycles. The molecular formula is C19H24. The van der Waals surface area contributed by atoms with E-state index in [4.69, 9.17) is 0 Å². The van der Waals surface area contributed by atoms with Crippen LogP contribution in [0.5, 0.6) is 0 Å². The first-order valence-electron chi connectivity index (χ1n) is 7.17. The van der Waals surface area contributed by atoms with Crippen LogP contribution in [0.2, 0.25) is 0 Å². The number of hydrogen-bond donors (Lipinski definition) is 0. The fourth-order valence-electron chi connectivity index (χ4n) is 2.54. The van der Waals surface area contributed by atoms with E-state index in [1.165, 1.54) is 22.3 Å². The predicted molar refractivity (Wildman–Crippen MR) is 83.7 cm³/mol. The van der Waals surface area contributed by atoms with Gasteiger partial charge in [0.15, 0.2) is 0 Å².